The highest BCUT2D eigenvalue weighted by atomic mass is 32.1. The summed E-state index contributed by atoms with van der Waals surface area (Å²) in [5, 5.41) is 11.8. The molecule has 1 unspecified atom stereocenters. The summed E-state index contributed by atoms with van der Waals surface area (Å²) in [6, 6.07) is 46.4. The number of benzene rings is 6. The fraction of sp³-hybridized carbons (Fsp3) is 0.0227. The van der Waals surface area contributed by atoms with Crippen LogP contribution < -0.4 is 5.32 Å². The first-order valence-corrected chi connectivity index (χ1v) is 18.2. The van der Waals surface area contributed by atoms with Crippen molar-refractivity contribution in [3.63, 3.8) is 0 Å². The first-order valence-electron chi connectivity index (χ1n) is 16.6. The Morgan fingerprint density at radius 3 is 2.04 bits per heavy atom. The van der Waals surface area contributed by atoms with Crippen molar-refractivity contribution in [1.29, 1.82) is 0 Å². The van der Waals surface area contributed by atoms with Crippen molar-refractivity contribution in [2.75, 3.05) is 0 Å². The maximum absolute atomic E-state index is 5.24. The van der Waals surface area contributed by atoms with E-state index in [2.05, 4.69) is 162 Å². The third kappa shape index (κ3) is 3.91. The average Bonchev–Trinajstić information content (AvgIpc) is 3.84. The molecule has 230 valence electrons. The number of hydrogen-bond acceptors (Lipinski definition) is 4. The molecule has 1 N–H and O–H groups in total. The molecule has 0 radical (unpaired) electrons. The Hall–Kier alpha value is -5.75. The minimum Gasteiger partial charge on any atom is -0.371 e. The Kier molecular flexibility index (Phi) is 5.76. The normalized spacial score (nSPS) is 16.0. The maximum Gasteiger partial charge on any atom is 0.0944 e. The van der Waals surface area contributed by atoms with Gasteiger partial charge in [-0.3, -0.25) is 0 Å². The predicted octanol–water partition coefficient (Wildman–Crippen LogP) is 11.9. The highest BCUT2D eigenvalue weighted by Crippen LogP contribution is 2.52. The maximum atomic E-state index is 5.24. The van der Waals surface area contributed by atoms with E-state index in [-0.39, 0.29) is 6.04 Å². The van der Waals surface area contributed by atoms with E-state index in [1.54, 1.807) is 0 Å². The molecule has 0 saturated carbocycles. The van der Waals surface area contributed by atoms with Crippen LogP contribution in [0.5, 0.6) is 0 Å². The van der Waals surface area contributed by atoms with E-state index in [4.69, 9.17) is 4.99 Å². The third-order valence-electron chi connectivity index (χ3n) is 10.00. The minimum absolute atomic E-state index is 0.0644. The number of hydrogen-bond donors (Lipinski definition) is 1. The van der Waals surface area contributed by atoms with Crippen molar-refractivity contribution in [3.8, 4) is 5.69 Å². The number of fused-ring (bicyclic) bond motifs is 13. The van der Waals surface area contributed by atoms with Gasteiger partial charge in [-0.2, -0.15) is 0 Å². The molecule has 0 spiro atoms. The Labute approximate surface area is 290 Å². The average molecular weight is 662 g/mol. The summed E-state index contributed by atoms with van der Waals surface area (Å²) in [6.45, 7) is 0. The monoisotopic (exact) mass is 661 g/mol. The van der Waals surface area contributed by atoms with Gasteiger partial charge in [-0.1, -0.05) is 115 Å². The zero-order valence-corrected chi connectivity index (χ0v) is 27.9. The quantitative estimate of drug-likeness (QED) is 0.201. The molecule has 3 nitrogen and oxygen atoms in total. The highest BCUT2D eigenvalue weighted by Gasteiger charge is 2.26. The van der Waals surface area contributed by atoms with Crippen LogP contribution in [0.15, 0.2) is 157 Å². The molecule has 0 amide bonds. The molecule has 11 rings (SSSR count). The van der Waals surface area contributed by atoms with Crippen LogP contribution in [0.2, 0.25) is 0 Å². The summed E-state index contributed by atoms with van der Waals surface area (Å²) in [5.41, 5.74) is 8.91. The molecule has 0 bridgehead atoms. The van der Waals surface area contributed by atoms with E-state index in [9.17, 15) is 0 Å². The van der Waals surface area contributed by atoms with Crippen LogP contribution in [0.25, 0.3) is 79.2 Å². The van der Waals surface area contributed by atoms with E-state index in [0.717, 1.165) is 33.9 Å². The van der Waals surface area contributed by atoms with Crippen LogP contribution in [-0.4, -0.2) is 16.3 Å². The van der Waals surface area contributed by atoms with Crippen molar-refractivity contribution in [3.05, 3.63) is 163 Å². The Morgan fingerprint density at radius 2 is 1.24 bits per heavy atom. The van der Waals surface area contributed by atoms with Gasteiger partial charge in [0.25, 0.3) is 0 Å². The molecule has 49 heavy (non-hydrogen) atoms. The molecule has 0 saturated heterocycles. The molecule has 0 fully saturated rings. The Balaban J connectivity index is 1.21. The second-order valence-corrected chi connectivity index (χ2v) is 14.8. The second kappa shape index (κ2) is 10.4. The van der Waals surface area contributed by atoms with Crippen LogP contribution in [0, 0.1) is 0 Å². The van der Waals surface area contributed by atoms with Gasteiger partial charge in [0.1, 0.15) is 0 Å². The summed E-state index contributed by atoms with van der Waals surface area (Å²) in [4.78, 5) is 5.24. The van der Waals surface area contributed by atoms with Crippen LogP contribution in [0.1, 0.15) is 11.1 Å². The summed E-state index contributed by atoms with van der Waals surface area (Å²) in [6.07, 6.45) is 8.43. The van der Waals surface area contributed by atoms with Crippen LogP contribution in [-0.2, 0) is 0 Å². The standard InChI is InChI=1S/C44H27N3S2/c1-2-12-26(13-3-1)40-41(46-33-18-8-7-17-32(33)45-40)27-22-24-28(25-23-27)47-34-19-9-4-14-29(34)37-38-30-15-5-10-20-35(30)48-43(38)39-31-16-6-11-21-36(31)49-44(39)42(37)47/h1-25,32,45H. The summed E-state index contributed by atoms with van der Waals surface area (Å²) in [5.74, 6) is 0. The van der Waals surface area contributed by atoms with E-state index >= 15 is 0 Å². The van der Waals surface area contributed by atoms with Crippen LogP contribution in [0.3, 0.4) is 0 Å². The number of aromatic nitrogens is 1. The molecule has 1 atom stereocenters. The zero-order valence-electron chi connectivity index (χ0n) is 26.2. The number of para-hydroxylation sites is 1. The van der Waals surface area contributed by atoms with E-state index in [1.165, 1.54) is 62.2 Å². The molecule has 3 aromatic heterocycles. The van der Waals surface area contributed by atoms with Crippen LogP contribution >= 0.6 is 22.7 Å². The van der Waals surface area contributed by atoms with E-state index in [1.807, 2.05) is 22.7 Å². The number of nitrogens with zero attached hydrogens (tertiary/aromatic N) is 2. The predicted molar refractivity (Wildman–Crippen MR) is 212 cm³/mol. The molecule has 2 aliphatic rings. The lowest BCUT2D eigenvalue weighted by molar-refractivity contribution is 0.882. The topological polar surface area (TPSA) is 29.3 Å². The number of aliphatic imine (C=N–C) groups is 1. The number of rotatable bonds is 3. The van der Waals surface area contributed by atoms with Gasteiger partial charge >= 0.3 is 0 Å². The molecule has 5 heteroatoms. The van der Waals surface area contributed by atoms with E-state index < -0.39 is 0 Å². The Morgan fingerprint density at radius 1 is 0.571 bits per heavy atom. The third-order valence-corrected chi connectivity index (χ3v) is 12.4. The Bertz CT molecular complexity index is 2950. The first-order chi connectivity index (χ1) is 24.3. The van der Waals surface area contributed by atoms with Gasteiger partial charge in [-0.15, -0.1) is 22.7 Å². The molecule has 6 aromatic carbocycles. The zero-order chi connectivity index (χ0) is 32.1. The largest absolute Gasteiger partial charge is 0.371 e. The number of thiophene rings is 2. The van der Waals surface area contributed by atoms with Gasteiger partial charge in [-0.25, -0.2) is 4.99 Å². The molecule has 1 aliphatic carbocycles. The SMILES string of the molecule is C1=CC2=NC(c3ccc(-n4c5ccccc5c5c6c7ccccc7sc6c6c7ccccc7sc6c54)cc3)=C(c3ccccc3)NC2C=C1. The van der Waals surface area contributed by atoms with Crippen molar-refractivity contribution < 1.29 is 0 Å². The van der Waals surface area contributed by atoms with Crippen molar-refractivity contribution in [2.45, 2.75) is 6.04 Å². The summed E-state index contributed by atoms with van der Waals surface area (Å²) in [7, 11) is 0. The lowest BCUT2D eigenvalue weighted by atomic mass is 9.98. The van der Waals surface area contributed by atoms with Crippen LogP contribution in [0.4, 0.5) is 0 Å². The second-order valence-electron chi connectivity index (χ2n) is 12.7. The lowest BCUT2D eigenvalue weighted by Crippen LogP contribution is -2.37. The highest BCUT2D eigenvalue weighted by molar-refractivity contribution is 7.30. The molecular formula is C44H27N3S2. The molecule has 1 aliphatic heterocycles. The van der Waals surface area contributed by atoms with E-state index in [0.29, 0.717) is 0 Å². The summed E-state index contributed by atoms with van der Waals surface area (Å²) >= 11 is 3.84. The smallest absolute Gasteiger partial charge is 0.0944 e. The number of allylic oxidation sites excluding steroid dienone is 2. The molecule has 9 aromatic rings. The van der Waals surface area contributed by atoms with Gasteiger partial charge in [0.2, 0.25) is 0 Å². The van der Waals surface area contributed by atoms with Gasteiger partial charge in [0.15, 0.2) is 0 Å². The van der Waals surface area contributed by atoms with Gasteiger partial charge in [0.05, 0.1) is 38.9 Å². The van der Waals surface area contributed by atoms with Crippen molar-refractivity contribution >= 4 is 102 Å². The van der Waals surface area contributed by atoms with Crippen molar-refractivity contribution in [2.24, 2.45) is 4.99 Å². The molecular weight excluding hydrogens is 635 g/mol. The lowest BCUT2D eigenvalue weighted by Gasteiger charge is -2.28. The van der Waals surface area contributed by atoms with Gasteiger partial charge in [-0.05, 0) is 42.0 Å². The van der Waals surface area contributed by atoms with Gasteiger partial charge < -0.3 is 9.88 Å². The summed E-state index contributed by atoms with van der Waals surface area (Å²) < 4.78 is 7.88. The van der Waals surface area contributed by atoms with Gasteiger partial charge in [0, 0.05) is 57.7 Å². The molecule has 4 heterocycles. The fourth-order valence-electron chi connectivity index (χ4n) is 7.86. The minimum atomic E-state index is 0.0644. The fourth-order valence-corrected chi connectivity index (χ4v) is 10.4. The van der Waals surface area contributed by atoms with Crippen molar-refractivity contribution in [1.82, 2.24) is 9.88 Å². The number of nitrogens with one attached hydrogen (secondary N) is 1. The first kappa shape index (κ1) is 27.2.